The summed E-state index contributed by atoms with van der Waals surface area (Å²) in [6.45, 7) is 1.92. The Morgan fingerprint density at radius 1 is 1.47 bits per heavy atom. The fourth-order valence-electron chi connectivity index (χ4n) is 1.20. The summed E-state index contributed by atoms with van der Waals surface area (Å²) in [7, 11) is 3.74. The van der Waals surface area contributed by atoms with Gasteiger partial charge in [-0.3, -0.25) is 0 Å². The molecular formula is C11H14N4. The number of aliphatic imine (C=N–C) groups is 1. The van der Waals surface area contributed by atoms with Crippen molar-refractivity contribution in [2.24, 2.45) is 4.99 Å². The standard InChI is InChI=1S/C11H14N4/c1-8-4-10(13)9(6-12)11(5-8)14-7-15(2)3/h4-5,7H,13H2,1-3H3. The first-order valence-electron chi connectivity index (χ1n) is 4.55. The van der Waals surface area contributed by atoms with Crippen molar-refractivity contribution in [2.75, 3.05) is 19.8 Å². The Kier molecular flexibility index (Phi) is 3.29. The highest BCUT2D eigenvalue weighted by atomic mass is 15.1. The van der Waals surface area contributed by atoms with Gasteiger partial charge in [0.25, 0.3) is 0 Å². The van der Waals surface area contributed by atoms with Crippen LogP contribution in [0.15, 0.2) is 17.1 Å². The molecule has 0 aromatic heterocycles. The minimum Gasteiger partial charge on any atom is -0.398 e. The second-order valence-corrected chi connectivity index (χ2v) is 3.57. The van der Waals surface area contributed by atoms with Crippen LogP contribution in [0.25, 0.3) is 0 Å². The highest BCUT2D eigenvalue weighted by Gasteiger charge is 2.05. The molecule has 15 heavy (non-hydrogen) atoms. The molecule has 2 N–H and O–H groups in total. The summed E-state index contributed by atoms with van der Waals surface area (Å²) in [5.74, 6) is 0. The van der Waals surface area contributed by atoms with Crippen LogP contribution in [0, 0.1) is 18.3 Å². The highest BCUT2D eigenvalue weighted by molar-refractivity contribution is 5.72. The number of rotatable bonds is 2. The van der Waals surface area contributed by atoms with Crippen molar-refractivity contribution >= 4 is 17.7 Å². The smallest absolute Gasteiger partial charge is 0.104 e. The molecule has 0 heterocycles. The number of anilines is 1. The van der Waals surface area contributed by atoms with Gasteiger partial charge < -0.3 is 10.6 Å². The molecule has 0 radical (unpaired) electrons. The van der Waals surface area contributed by atoms with E-state index in [-0.39, 0.29) is 0 Å². The van der Waals surface area contributed by atoms with Gasteiger partial charge in [-0.2, -0.15) is 5.26 Å². The van der Waals surface area contributed by atoms with Crippen molar-refractivity contribution in [3.05, 3.63) is 23.3 Å². The predicted octanol–water partition coefficient (Wildman–Crippen LogP) is 1.67. The predicted molar refractivity (Wildman–Crippen MR) is 62.1 cm³/mol. The van der Waals surface area contributed by atoms with Crippen LogP contribution >= 0.6 is 0 Å². The zero-order valence-corrected chi connectivity index (χ0v) is 9.15. The van der Waals surface area contributed by atoms with Gasteiger partial charge in [0, 0.05) is 14.1 Å². The van der Waals surface area contributed by atoms with Crippen LogP contribution in [-0.4, -0.2) is 25.3 Å². The molecule has 78 valence electrons. The third-order valence-electron chi connectivity index (χ3n) is 1.83. The second kappa shape index (κ2) is 4.47. The Labute approximate surface area is 89.6 Å². The van der Waals surface area contributed by atoms with E-state index in [1.807, 2.05) is 27.1 Å². The topological polar surface area (TPSA) is 65.4 Å². The number of aryl methyl sites for hydroxylation is 1. The van der Waals surface area contributed by atoms with Crippen molar-refractivity contribution in [3.8, 4) is 6.07 Å². The SMILES string of the molecule is Cc1cc(N)c(C#N)c(N=CN(C)C)c1. The zero-order chi connectivity index (χ0) is 11.4. The Morgan fingerprint density at radius 2 is 2.13 bits per heavy atom. The summed E-state index contributed by atoms with van der Waals surface area (Å²) < 4.78 is 0. The lowest BCUT2D eigenvalue weighted by Gasteiger charge is -2.06. The third kappa shape index (κ3) is 2.71. The van der Waals surface area contributed by atoms with Gasteiger partial charge in [-0.1, -0.05) is 0 Å². The summed E-state index contributed by atoms with van der Waals surface area (Å²) in [5, 5.41) is 8.94. The Hall–Kier alpha value is -2.02. The monoisotopic (exact) mass is 202 g/mol. The van der Waals surface area contributed by atoms with Gasteiger partial charge in [-0.15, -0.1) is 0 Å². The summed E-state index contributed by atoms with van der Waals surface area (Å²) in [6, 6.07) is 5.67. The summed E-state index contributed by atoms with van der Waals surface area (Å²) in [6.07, 6.45) is 1.65. The molecule has 4 nitrogen and oxygen atoms in total. The molecular weight excluding hydrogens is 188 g/mol. The molecule has 4 heteroatoms. The van der Waals surface area contributed by atoms with Crippen LogP contribution in [0.5, 0.6) is 0 Å². The number of nitrogens with zero attached hydrogens (tertiary/aromatic N) is 3. The number of hydrogen-bond acceptors (Lipinski definition) is 3. The molecule has 0 aliphatic heterocycles. The van der Waals surface area contributed by atoms with E-state index in [2.05, 4.69) is 11.1 Å². The quantitative estimate of drug-likeness (QED) is 0.450. The average molecular weight is 202 g/mol. The minimum atomic E-state index is 0.429. The van der Waals surface area contributed by atoms with E-state index in [0.29, 0.717) is 16.9 Å². The average Bonchev–Trinajstić information content (AvgIpc) is 2.13. The maximum atomic E-state index is 8.94. The van der Waals surface area contributed by atoms with E-state index < -0.39 is 0 Å². The largest absolute Gasteiger partial charge is 0.398 e. The van der Waals surface area contributed by atoms with E-state index in [4.69, 9.17) is 11.0 Å². The number of benzene rings is 1. The number of nitriles is 1. The summed E-state index contributed by atoms with van der Waals surface area (Å²) in [5.41, 5.74) is 8.25. The van der Waals surface area contributed by atoms with Crippen LogP contribution in [0.3, 0.4) is 0 Å². The first kappa shape index (κ1) is 11.1. The fourth-order valence-corrected chi connectivity index (χ4v) is 1.20. The lowest BCUT2D eigenvalue weighted by Crippen LogP contribution is -2.07. The van der Waals surface area contributed by atoms with Crippen LogP contribution in [0.2, 0.25) is 0 Å². The van der Waals surface area contributed by atoms with E-state index in [9.17, 15) is 0 Å². The van der Waals surface area contributed by atoms with Gasteiger partial charge >= 0.3 is 0 Å². The highest BCUT2D eigenvalue weighted by Crippen LogP contribution is 2.25. The van der Waals surface area contributed by atoms with Crippen molar-refractivity contribution in [1.82, 2.24) is 4.90 Å². The lowest BCUT2D eigenvalue weighted by atomic mass is 10.1. The molecule has 0 unspecified atom stereocenters. The van der Waals surface area contributed by atoms with Gasteiger partial charge in [0.2, 0.25) is 0 Å². The lowest BCUT2D eigenvalue weighted by molar-refractivity contribution is 0.643. The van der Waals surface area contributed by atoms with Gasteiger partial charge in [-0.25, -0.2) is 4.99 Å². The van der Waals surface area contributed by atoms with Gasteiger partial charge in [-0.05, 0) is 24.6 Å². The fraction of sp³-hybridized carbons (Fsp3) is 0.273. The molecule has 1 aromatic carbocycles. The van der Waals surface area contributed by atoms with Crippen LogP contribution in [0.4, 0.5) is 11.4 Å². The summed E-state index contributed by atoms with van der Waals surface area (Å²) in [4.78, 5) is 6.00. The maximum absolute atomic E-state index is 8.94. The van der Waals surface area contributed by atoms with Crippen molar-refractivity contribution < 1.29 is 0 Å². The molecule has 0 amide bonds. The Bertz CT molecular complexity index is 427. The second-order valence-electron chi connectivity index (χ2n) is 3.57. The normalized spacial score (nSPS) is 10.3. The first-order valence-corrected chi connectivity index (χ1v) is 4.55. The van der Waals surface area contributed by atoms with Crippen molar-refractivity contribution in [1.29, 1.82) is 5.26 Å². The molecule has 0 spiro atoms. The van der Waals surface area contributed by atoms with Crippen LogP contribution in [0.1, 0.15) is 11.1 Å². The molecule has 0 saturated carbocycles. The summed E-state index contributed by atoms with van der Waals surface area (Å²) >= 11 is 0. The van der Waals surface area contributed by atoms with Crippen molar-refractivity contribution in [2.45, 2.75) is 6.92 Å². The van der Waals surface area contributed by atoms with Gasteiger partial charge in [0.15, 0.2) is 0 Å². The van der Waals surface area contributed by atoms with Crippen molar-refractivity contribution in [3.63, 3.8) is 0 Å². The van der Waals surface area contributed by atoms with Gasteiger partial charge in [0.1, 0.15) is 11.6 Å². The van der Waals surface area contributed by atoms with E-state index in [0.717, 1.165) is 5.56 Å². The van der Waals surface area contributed by atoms with Crippen LogP contribution in [-0.2, 0) is 0 Å². The van der Waals surface area contributed by atoms with E-state index in [1.54, 1.807) is 17.3 Å². The molecule has 0 aliphatic carbocycles. The molecule has 0 fully saturated rings. The Balaban J connectivity index is 3.22. The van der Waals surface area contributed by atoms with E-state index in [1.165, 1.54) is 0 Å². The van der Waals surface area contributed by atoms with E-state index >= 15 is 0 Å². The first-order chi connectivity index (χ1) is 7.04. The van der Waals surface area contributed by atoms with Gasteiger partial charge in [0.05, 0.1) is 17.7 Å². The Morgan fingerprint density at radius 3 is 2.67 bits per heavy atom. The number of hydrogen-bond donors (Lipinski definition) is 1. The molecule has 1 aromatic rings. The minimum absolute atomic E-state index is 0.429. The molecule has 0 aliphatic rings. The third-order valence-corrected chi connectivity index (χ3v) is 1.83. The number of nitrogens with two attached hydrogens (primary N) is 1. The zero-order valence-electron chi connectivity index (χ0n) is 9.15. The van der Waals surface area contributed by atoms with Crippen LogP contribution < -0.4 is 5.73 Å². The number of nitrogen functional groups attached to an aromatic ring is 1. The molecule has 0 saturated heterocycles. The molecule has 0 bridgehead atoms. The molecule has 0 atom stereocenters. The maximum Gasteiger partial charge on any atom is 0.104 e. The molecule has 1 rings (SSSR count).